The summed E-state index contributed by atoms with van der Waals surface area (Å²) in [6, 6.07) is -0.552. The average molecular weight is 246 g/mol. The molecule has 0 amide bonds. The van der Waals surface area contributed by atoms with E-state index in [9.17, 15) is 14.9 Å². The standard InChI is InChI=1S/C10H18N2O5/c1-7(2)8(9(13)16-3)11-10(4-12(14)15)5-17-6-10/h7-8,11H,4-6H2,1-3H3/t8-/m1/s1. The number of nitro groups is 1. The molecule has 17 heavy (non-hydrogen) atoms. The van der Waals surface area contributed by atoms with Gasteiger partial charge in [0.2, 0.25) is 6.54 Å². The highest BCUT2D eigenvalue weighted by atomic mass is 16.6. The van der Waals surface area contributed by atoms with Crippen LogP contribution in [-0.2, 0) is 14.3 Å². The molecule has 0 unspecified atom stereocenters. The lowest BCUT2D eigenvalue weighted by Crippen LogP contribution is -2.68. The van der Waals surface area contributed by atoms with Crippen LogP contribution < -0.4 is 5.32 Å². The highest BCUT2D eigenvalue weighted by molar-refractivity contribution is 5.76. The summed E-state index contributed by atoms with van der Waals surface area (Å²) in [5.41, 5.74) is -0.743. The molecule has 1 rings (SSSR count). The third kappa shape index (κ3) is 3.37. The minimum absolute atomic E-state index is 0.00770. The topological polar surface area (TPSA) is 90.7 Å². The third-order valence-electron chi connectivity index (χ3n) is 2.77. The summed E-state index contributed by atoms with van der Waals surface area (Å²) in [6.07, 6.45) is 0. The van der Waals surface area contributed by atoms with Gasteiger partial charge in [0, 0.05) is 4.92 Å². The van der Waals surface area contributed by atoms with E-state index in [1.54, 1.807) is 0 Å². The first-order chi connectivity index (χ1) is 7.90. The van der Waals surface area contributed by atoms with E-state index in [4.69, 9.17) is 4.74 Å². The van der Waals surface area contributed by atoms with Crippen LogP contribution in [0, 0.1) is 16.0 Å². The molecule has 0 radical (unpaired) electrons. The van der Waals surface area contributed by atoms with Crippen molar-refractivity contribution in [3.05, 3.63) is 10.1 Å². The van der Waals surface area contributed by atoms with Crippen LogP contribution in [0.3, 0.4) is 0 Å². The monoisotopic (exact) mass is 246 g/mol. The Bertz CT molecular complexity index is 301. The quantitative estimate of drug-likeness (QED) is 0.397. The molecule has 1 heterocycles. The average Bonchev–Trinajstić information content (AvgIpc) is 2.19. The van der Waals surface area contributed by atoms with Gasteiger partial charge in [-0.15, -0.1) is 0 Å². The second kappa shape index (κ2) is 5.42. The molecule has 0 saturated carbocycles. The molecular formula is C10H18N2O5. The van der Waals surface area contributed by atoms with Gasteiger partial charge in [-0.2, -0.15) is 0 Å². The van der Waals surface area contributed by atoms with Gasteiger partial charge in [0.15, 0.2) is 0 Å². The number of nitrogens with zero attached hydrogens (tertiary/aromatic N) is 1. The van der Waals surface area contributed by atoms with E-state index < -0.39 is 22.5 Å². The molecule has 0 aromatic heterocycles. The van der Waals surface area contributed by atoms with Crippen molar-refractivity contribution in [3.63, 3.8) is 0 Å². The summed E-state index contributed by atoms with van der Waals surface area (Å²) in [4.78, 5) is 21.8. The third-order valence-corrected chi connectivity index (χ3v) is 2.77. The number of hydrogen-bond donors (Lipinski definition) is 1. The van der Waals surface area contributed by atoms with Crippen LogP contribution in [0.15, 0.2) is 0 Å². The van der Waals surface area contributed by atoms with E-state index in [-0.39, 0.29) is 25.7 Å². The number of hydrogen-bond acceptors (Lipinski definition) is 6. The van der Waals surface area contributed by atoms with Crippen molar-refractivity contribution in [2.45, 2.75) is 25.4 Å². The second-order valence-corrected chi connectivity index (χ2v) is 4.65. The Morgan fingerprint density at radius 3 is 2.47 bits per heavy atom. The molecular weight excluding hydrogens is 228 g/mol. The first-order valence-electron chi connectivity index (χ1n) is 5.45. The van der Waals surface area contributed by atoms with Crippen LogP contribution >= 0.6 is 0 Å². The van der Waals surface area contributed by atoms with Gasteiger partial charge in [-0.1, -0.05) is 13.8 Å². The zero-order chi connectivity index (χ0) is 13.1. The van der Waals surface area contributed by atoms with Crippen molar-refractivity contribution in [2.75, 3.05) is 26.9 Å². The number of ether oxygens (including phenoxy) is 2. The number of carbonyl (C=O) groups is 1. The first-order valence-corrected chi connectivity index (χ1v) is 5.45. The fraction of sp³-hybridized carbons (Fsp3) is 0.900. The van der Waals surface area contributed by atoms with Gasteiger partial charge in [0.05, 0.1) is 20.3 Å². The maximum Gasteiger partial charge on any atom is 0.323 e. The van der Waals surface area contributed by atoms with Gasteiger partial charge < -0.3 is 9.47 Å². The van der Waals surface area contributed by atoms with Crippen LogP contribution in [-0.4, -0.2) is 49.3 Å². The molecule has 7 nitrogen and oxygen atoms in total. The van der Waals surface area contributed by atoms with Crippen LogP contribution in [0.5, 0.6) is 0 Å². The molecule has 0 aromatic rings. The van der Waals surface area contributed by atoms with Crippen molar-refractivity contribution in [3.8, 4) is 0 Å². The van der Waals surface area contributed by atoms with Gasteiger partial charge in [-0.3, -0.25) is 20.2 Å². The maximum absolute atomic E-state index is 11.6. The van der Waals surface area contributed by atoms with E-state index in [2.05, 4.69) is 10.1 Å². The number of esters is 1. The van der Waals surface area contributed by atoms with Gasteiger partial charge >= 0.3 is 5.97 Å². The minimum atomic E-state index is -0.743. The largest absolute Gasteiger partial charge is 0.468 e. The SMILES string of the molecule is COC(=O)[C@H](NC1(C[N+](=O)[O-])COC1)C(C)C. The number of rotatable bonds is 6. The molecule has 1 N–H and O–H groups in total. The van der Waals surface area contributed by atoms with Crippen molar-refractivity contribution in [2.24, 2.45) is 5.92 Å². The first kappa shape index (κ1) is 13.9. The fourth-order valence-electron chi connectivity index (χ4n) is 1.77. The van der Waals surface area contributed by atoms with E-state index in [1.165, 1.54) is 7.11 Å². The molecule has 0 aromatic carbocycles. The van der Waals surface area contributed by atoms with Gasteiger partial charge in [0.1, 0.15) is 11.6 Å². The molecule has 0 spiro atoms. The molecule has 1 aliphatic rings. The van der Waals surface area contributed by atoms with Crippen molar-refractivity contribution < 1.29 is 19.2 Å². The molecule has 98 valence electrons. The predicted octanol–water partition coefficient (Wildman–Crippen LogP) is -0.181. The molecule has 0 bridgehead atoms. The van der Waals surface area contributed by atoms with Crippen molar-refractivity contribution >= 4 is 5.97 Å². The molecule has 7 heteroatoms. The molecule has 1 saturated heterocycles. The maximum atomic E-state index is 11.6. The van der Waals surface area contributed by atoms with Crippen LogP contribution in [0.4, 0.5) is 0 Å². The van der Waals surface area contributed by atoms with Crippen LogP contribution in [0.1, 0.15) is 13.8 Å². The molecule has 1 atom stereocenters. The van der Waals surface area contributed by atoms with E-state index >= 15 is 0 Å². The number of methoxy groups -OCH3 is 1. The highest BCUT2D eigenvalue weighted by Crippen LogP contribution is 2.20. The van der Waals surface area contributed by atoms with Gasteiger partial charge in [-0.25, -0.2) is 0 Å². The minimum Gasteiger partial charge on any atom is -0.468 e. The fourth-order valence-corrected chi connectivity index (χ4v) is 1.77. The second-order valence-electron chi connectivity index (χ2n) is 4.65. The van der Waals surface area contributed by atoms with Crippen molar-refractivity contribution in [1.82, 2.24) is 5.32 Å². The Labute approximate surface area is 99.6 Å². The lowest BCUT2D eigenvalue weighted by molar-refractivity contribution is -0.499. The zero-order valence-electron chi connectivity index (χ0n) is 10.3. The smallest absolute Gasteiger partial charge is 0.323 e. The van der Waals surface area contributed by atoms with Gasteiger partial charge in [0.25, 0.3) is 0 Å². The zero-order valence-corrected chi connectivity index (χ0v) is 10.3. The predicted molar refractivity (Wildman–Crippen MR) is 59.2 cm³/mol. The van der Waals surface area contributed by atoms with E-state index in [0.717, 1.165) is 0 Å². The Morgan fingerprint density at radius 1 is 1.59 bits per heavy atom. The Kier molecular flexibility index (Phi) is 4.41. The Balaban J connectivity index is 2.70. The summed E-state index contributed by atoms with van der Waals surface area (Å²) < 4.78 is 9.70. The van der Waals surface area contributed by atoms with Crippen LogP contribution in [0.25, 0.3) is 0 Å². The van der Waals surface area contributed by atoms with E-state index in [1.807, 2.05) is 13.8 Å². The summed E-state index contributed by atoms with van der Waals surface area (Å²) in [5.74, 6) is -0.415. The summed E-state index contributed by atoms with van der Waals surface area (Å²) in [5, 5.41) is 13.6. The molecule has 1 fully saturated rings. The van der Waals surface area contributed by atoms with Crippen molar-refractivity contribution in [1.29, 1.82) is 0 Å². The lowest BCUT2D eigenvalue weighted by Gasteiger charge is -2.41. The summed E-state index contributed by atoms with van der Waals surface area (Å²) in [6.45, 7) is 3.94. The Hall–Kier alpha value is -1.21. The normalized spacial score (nSPS) is 19.5. The van der Waals surface area contributed by atoms with E-state index in [0.29, 0.717) is 0 Å². The summed E-state index contributed by atoms with van der Waals surface area (Å²) >= 11 is 0. The molecule has 0 aliphatic carbocycles. The Morgan fingerprint density at radius 2 is 2.18 bits per heavy atom. The number of carbonyl (C=O) groups excluding carboxylic acids is 1. The van der Waals surface area contributed by atoms with Gasteiger partial charge in [-0.05, 0) is 5.92 Å². The van der Waals surface area contributed by atoms with Crippen LogP contribution in [0.2, 0.25) is 0 Å². The highest BCUT2D eigenvalue weighted by Gasteiger charge is 2.46. The molecule has 1 aliphatic heterocycles. The summed E-state index contributed by atoms with van der Waals surface area (Å²) in [7, 11) is 1.30. The lowest BCUT2D eigenvalue weighted by atomic mass is 9.93. The number of nitrogens with one attached hydrogen (secondary N) is 1.